The quantitative estimate of drug-likeness (QED) is 0.760. The molecule has 8 heteroatoms. The lowest BCUT2D eigenvalue weighted by Gasteiger charge is -2.08. The minimum absolute atomic E-state index is 0.0334. The van der Waals surface area contributed by atoms with E-state index in [-0.39, 0.29) is 22.4 Å². The summed E-state index contributed by atoms with van der Waals surface area (Å²) in [7, 11) is -2.31. The van der Waals surface area contributed by atoms with E-state index in [1.54, 1.807) is 31.2 Å². The van der Waals surface area contributed by atoms with Gasteiger partial charge in [0.15, 0.2) is 0 Å². The smallest absolute Gasteiger partial charge is 0.252 e. The molecule has 0 atom stereocenters. The third kappa shape index (κ3) is 4.77. The highest BCUT2D eigenvalue weighted by atomic mass is 35.5. The van der Waals surface area contributed by atoms with E-state index in [1.807, 2.05) is 0 Å². The second-order valence-electron chi connectivity index (χ2n) is 5.28. The molecule has 0 spiro atoms. The van der Waals surface area contributed by atoms with Crippen LogP contribution in [0.25, 0.3) is 0 Å². The Kier molecular flexibility index (Phi) is 6.68. The first-order chi connectivity index (χ1) is 12.3. The molecule has 2 aromatic rings. The molecule has 0 fully saturated rings. The van der Waals surface area contributed by atoms with E-state index in [2.05, 4.69) is 21.9 Å². The number of hydrogen-bond acceptors (Lipinski definition) is 3. The molecule has 0 heterocycles. The average Bonchev–Trinajstić information content (AvgIpc) is 2.61. The predicted molar refractivity (Wildman–Crippen MR) is 103 cm³/mol. The highest BCUT2D eigenvalue weighted by Gasteiger charge is 2.18. The molecule has 0 bridgehead atoms. The van der Waals surface area contributed by atoms with Crippen LogP contribution in [0.3, 0.4) is 0 Å². The Balaban J connectivity index is 2.18. The van der Waals surface area contributed by atoms with Crippen molar-refractivity contribution < 1.29 is 13.2 Å². The van der Waals surface area contributed by atoms with Gasteiger partial charge in [0.1, 0.15) is 4.90 Å². The molecule has 0 aliphatic heterocycles. The van der Waals surface area contributed by atoms with Gasteiger partial charge in [-0.2, -0.15) is 4.72 Å². The zero-order valence-corrected chi connectivity index (χ0v) is 16.4. The molecular weight excluding hydrogens is 395 g/mol. The fraction of sp³-hybridized carbons (Fsp3) is 0.167. The monoisotopic (exact) mass is 410 g/mol. The van der Waals surface area contributed by atoms with E-state index in [4.69, 9.17) is 23.2 Å². The summed E-state index contributed by atoms with van der Waals surface area (Å²) in [4.78, 5) is 11.7. The van der Waals surface area contributed by atoms with E-state index in [9.17, 15) is 13.2 Å². The molecule has 5 nitrogen and oxygen atoms in total. The summed E-state index contributed by atoms with van der Waals surface area (Å²) in [5.74, 6) is 5.23. The summed E-state index contributed by atoms with van der Waals surface area (Å²) in [6.45, 7) is 1.55. The van der Waals surface area contributed by atoms with Gasteiger partial charge in [0.25, 0.3) is 5.91 Å². The number of aryl methyl sites for hydroxylation is 1. The minimum Gasteiger partial charge on any atom is -0.355 e. The van der Waals surface area contributed by atoms with Crippen LogP contribution in [-0.2, 0) is 10.0 Å². The van der Waals surface area contributed by atoms with Gasteiger partial charge in [0.2, 0.25) is 10.0 Å². The van der Waals surface area contributed by atoms with E-state index < -0.39 is 10.0 Å². The standard InChI is InChI=1S/C18H16Cl2N2O3S/c1-12-10-17(16(20)11-15(12)19)26(24,25)22-9-5-7-13-6-3-4-8-14(13)18(23)21-2/h3-4,6,8,10-11,22H,9H2,1-2H3,(H,21,23). The average molecular weight is 411 g/mol. The Morgan fingerprint density at radius 2 is 1.85 bits per heavy atom. The first-order valence-electron chi connectivity index (χ1n) is 7.51. The fourth-order valence-corrected chi connectivity index (χ4v) is 3.86. The van der Waals surface area contributed by atoms with Gasteiger partial charge in [-0.3, -0.25) is 4.79 Å². The van der Waals surface area contributed by atoms with Crippen molar-refractivity contribution in [3.8, 4) is 11.8 Å². The van der Waals surface area contributed by atoms with E-state index in [0.717, 1.165) is 0 Å². The zero-order chi connectivity index (χ0) is 19.3. The van der Waals surface area contributed by atoms with Gasteiger partial charge in [-0.05, 0) is 36.8 Å². The van der Waals surface area contributed by atoms with Gasteiger partial charge < -0.3 is 5.32 Å². The maximum absolute atomic E-state index is 12.4. The topological polar surface area (TPSA) is 75.3 Å². The van der Waals surface area contributed by atoms with Crippen molar-refractivity contribution in [3.05, 3.63) is 63.1 Å². The predicted octanol–water partition coefficient (Wildman–Crippen LogP) is 2.99. The number of carbonyl (C=O) groups is 1. The van der Waals surface area contributed by atoms with Gasteiger partial charge in [-0.25, -0.2) is 8.42 Å². The van der Waals surface area contributed by atoms with Crippen molar-refractivity contribution in [2.75, 3.05) is 13.6 Å². The highest BCUT2D eigenvalue weighted by molar-refractivity contribution is 7.89. The Morgan fingerprint density at radius 3 is 2.54 bits per heavy atom. The lowest BCUT2D eigenvalue weighted by atomic mass is 10.1. The summed E-state index contributed by atoms with van der Waals surface area (Å²) < 4.78 is 27.1. The minimum atomic E-state index is -3.84. The molecule has 136 valence electrons. The third-order valence-electron chi connectivity index (χ3n) is 3.48. The second kappa shape index (κ2) is 8.56. The summed E-state index contributed by atoms with van der Waals surface area (Å²) in [6, 6.07) is 9.59. The lowest BCUT2D eigenvalue weighted by molar-refractivity contribution is 0.0963. The molecule has 0 aliphatic rings. The Hall–Kier alpha value is -2.04. The molecular formula is C18H16Cl2N2O3S. The maximum atomic E-state index is 12.4. The van der Waals surface area contributed by atoms with Gasteiger partial charge >= 0.3 is 0 Å². The summed E-state index contributed by atoms with van der Waals surface area (Å²) >= 11 is 11.9. The fourth-order valence-electron chi connectivity index (χ4n) is 2.11. The summed E-state index contributed by atoms with van der Waals surface area (Å²) in [6.07, 6.45) is 0. The van der Waals surface area contributed by atoms with Crippen molar-refractivity contribution in [1.29, 1.82) is 0 Å². The molecule has 0 aliphatic carbocycles. The van der Waals surface area contributed by atoms with Gasteiger partial charge in [-0.15, -0.1) is 0 Å². The molecule has 0 radical (unpaired) electrons. The lowest BCUT2D eigenvalue weighted by Crippen LogP contribution is -2.24. The Labute approximate surface area is 162 Å². The van der Waals surface area contributed by atoms with Gasteiger partial charge in [-0.1, -0.05) is 47.2 Å². The van der Waals surface area contributed by atoms with Crippen LogP contribution in [0.2, 0.25) is 10.0 Å². The van der Waals surface area contributed by atoms with Crippen LogP contribution >= 0.6 is 23.2 Å². The summed E-state index contributed by atoms with van der Waals surface area (Å²) in [5, 5.41) is 2.95. The van der Waals surface area contributed by atoms with E-state index in [1.165, 1.54) is 19.2 Å². The van der Waals surface area contributed by atoms with Crippen LogP contribution in [0, 0.1) is 18.8 Å². The van der Waals surface area contributed by atoms with Crippen LogP contribution in [0.1, 0.15) is 21.5 Å². The number of sulfonamides is 1. The Morgan fingerprint density at radius 1 is 1.15 bits per heavy atom. The van der Waals surface area contributed by atoms with Crippen molar-refractivity contribution in [1.82, 2.24) is 10.0 Å². The maximum Gasteiger partial charge on any atom is 0.252 e. The highest BCUT2D eigenvalue weighted by Crippen LogP contribution is 2.27. The molecule has 2 rings (SSSR count). The Bertz CT molecular complexity index is 1010. The van der Waals surface area contributed by atoms with Gasteiger partial charge in [0, 0.05) is 17.6 Å². The number of rotatable bonds is 4. The van der Waals surface area contributed by atoms with Crippen LogP contribution in [0.5, 0.6) is 0 Å². The molecule has 0 saturated carbocycles. The molecule has 2 aromatic carbocycles. The second-order valence-corrected chi connectivity index (χ2v) is 7.83. The van der Waals surface area contributed by atoms with Crippen molar-refractivity contribution in [2.24, 2.45) is 0 Å². The number of amides is 1. The molecule has 1 amide bonds. The SMILES string of the molecule is CNC(=O)c1ccccc1C#CCNS(=O)(=O)c1cc(C)c(Cl)cc1Cl. The van der Waals surface area contributed by atoms with Crippen LogP contribution < -0.4 is 10.0 Å². The number of carbonyl (C=O) groups excluding carboxylic acids is 1. The number of halogens is 2. The molecule has 26 heavy (non-hydrogen) atoms. The normalized spacial score (nSPS) is 10.8. The molecule has 0 saturated heterocycles. The number of benzene rings is 2. The molecule has 2 N–H and O–H groups in total. The first kappa shape index (κ1) is 20.3. The van der Waals surface area contributed by atoms with Gasteiger partial charge in [0.05, 0.1) is 17.1 Å². The largest absolute Gasteiger partial charge is 0.355 e. The van der Waals surface area contributed by atoms with E-state index >= 15 is 0 Å². The number of nitrogens with one attached hydrogen (secondary N) is 2. The molecule has 0 aromatic heterocycles. The number of hydrogen-bond donors (Lipinski definition) is 2. The van der Waals surface area contributed by atoms with Crippen LogP contribution in [0.15, 0.2) is 41.3 Å². The summed E-state index contributed by atoms with van der Waals surface area (Å²) in [5.41, 5.74) is 1.52. The van der Waals surface area contributed by atoms with Crippen LogP contribution in [0.4, 0.5) is 0 Å². The first-order valence-corrected chi connectivity index (χ1v) is 9.75. The van der Waals surface area contributed by atoms with Crippen LogP contribution in [-0.4, -0.2) is 27.9 Å². The third-order valence-corrected chi connectivity index (χ3v) is 5.75. The molecule has 0 unspecified atom stereocenters. The van der Waals surface area contributed by atoms with Crippen molar-refractivity contribution in [3.63, 3.8) is 0 Å². The van der Waals surface area contributed by atoms with Crippen molar-refractivity contribution in [2.45, 2.75) is 11.8 Å². The van der Waals surface area contributed by atoms with E-state index in [0.29, 0.717) is 21.7 Å². The van der Waals surface area contributed by atoms with Crippen molar-refractivity contribution >= 4 is 39.1 Å². The zero-order valence-electron chi connectivity index (χ0n) is 14.1.